The van der Waals surface area contributed by atoms with Crippen molar-refractivity contribution >= 4 is 27.5 Å². The highest BCUT2D eigenvalue weighted by atomic mass is 32.2. The Hall–Kier alpha value is -2.25. The monoisotopic (exact) mass is 360 g/mol. The summed E-state index contributed by atoms with van der Waals surface area (Å²) in [5.41, 5.74) is 1.62. The quantitative estimate of drug-likeness (QED) is 0.691. The largest absolute Gasteiger partial charge is 0.359 e. The molecule has 1 heterocycles. The first kappa shape index (κ1) is 16.6. The number of sulfonamides is 1. The number of rotatable bonds is 5. The maximum absolute atomic E-state index is 12.6. The molecule has 0 aliphatic carbocycles. The van der Waals surface area contributed by atoms with E-state index in [1.165, 1.54) is 12.1 Å². The van der Waals surface area contributed by atoms with E-state index in [2.05, 4.69) is 9.88 Å². The molecule has 0 unspecified atom stereocenters. The average molecular weight is 360 g/mol. The lowest BCUT2D eigenvalue weighted by molar-refractivity contribution is 0.400. The predicted octanol–water partition coefficient (Wildman–Crippen LogP) is 4.17. The number of aryl methyl sites for hydroxylation is 1. The van der Waals surface area contributed by atoms with Gasteiger partial charge in [-0.2, -0.15) is 0 Å². The molecule has 24 heavy (non-hydrogen) atoms. The smallest absolute Gasteiger partial charge is 0.262 e. The normalized spacial score (nSPS) is 11.4. The van der Waals surface area contributed by atoms with Crippen molar-refractivity contribution in [2.45, 2.75) is 16.7 Å². The van der Waals surface area contributed by atoms with Crippen LogP contribution in [0.1, 0.15) is 5.76 Å². The van der Waals surface area contributed by atoms with Gasteiger partial charge in [-0.25, -0.2) is 8.42 Å². The highest BCUT2D eigenvalue weighted by Crippen LogP contribution is 2.32. The minimum Gasteiger partial charge on any atom is -0.359 e. The van der Waals surface area contributed by atoms with Crippen LogP contribution >= 0.6 is 11.8 Å². The van der Waals surface area contributed by atoms with Gasteiger partial charge in [0.1, 0.15) is 11.4 Å². The van der Waals surface area contributed by atoms with Gasteiger partial charge in [0.2, 0.25) is 0 Å². The van der Waals surface area contributed by atoms with Gasteiger partial charge >= 0.3 is 0 Å². The maximum atomic E-state index is 12.6. The molecule has 0 bridgehead atoms. The molecule has 0 saturated heterocycles. The van der Waals surface area contributed by atoms with Crippen LogP contribution in [0.25, 0.3) is 11.3 Å². The zero-order valence-electron chi connectivity index (χ0n) is 13.2. The SMILES string of the molecule is CSc1ccc(-c2noc(C)c2NS(=O)(=O)c2ccccc2)cc1. The summed E-state index contributed by atoms with van der Waals surface area (Å²) in [4.78, 5) is 1.31. The second kappa shape index (κ2) is 6.70. The van der Waals surface area contributed by atoms with Gasteiger partial charge in [0, 0.05) is 10.5 Å². The molecule has 3 rings (SSSR count). The number of thioether (sulfide) groups is 1. The molecule has 124 valence electrons. The van der Waals surface area contributed by atoms with Crippen LogP contribution in [0.4, 0.5) is 5.69 Å². The van der Waals surface area contributed by atoms with Gasteiger partial charge in [-0.15, -0.1) is 11.8 Å². The summed E-state index contributed by atoms with van der Waals surface area (Å²) in [5, 5.41) is 4.01. The van der Waals surface area contributed by atoms with Crippen molar-refractivity contribution in [1.29, 1.82) is 0 Å². The summed E-state index contributed by atoms with van der Waals surface area (Å²) < 4.78 is 32.9. The lowest BCUT2D eigenvalue weighted by Crippen LogP contribution is -2.13. The Morgan fingerprint density at radius 1 is 1.04 bits per heavy atom. The van der Waals surface area contributed by atoms with E-state index in [-0.39, 0.29) is 4.90 Å². The fourth-order valence-corrected chi connectivity index (χ4v) is 3.78. The molecule has 0 radical (unpaired) electrons. The molecule has 5 nitrogen and oxygen atoms in total. The van der Waals surface area contributed by atoms with Crippen LogP contribution in [0.5, 0.6) is 0 Å². The third-order valence-corrected chi connectivity index (χ3v) is 5.63. The highest BCUT2D eigenvalue weighted by Gasteiger charge is 2.21. The first-order chi connectivity index (χ1) is 11.5. The van der Waals surface area contributed by atoms with Gasteiger partial charge in [0.25, 0.3) is 10.0 Å². The summed E-state index contributed by atoms with van der Waals surface area (Å²) in [6.45, 7) is 1.68. The Bertz CT molecular complexity index is 934. The molecule has 0 saturated carbocycles. The number of nitrogens with one attached hydrogen (secondary N) is 1. The Balaban J connectivity index is 1.99. The van der Waals surface area contributed by atoms with Gasteiger partial charge in [-0.1, -0.05) is 35.5 Å². The highest BCUT2D eigenvalue weighted by molar-refractivity contribution is 7.98. The van der Waals surface area contributed by atoms with Gasteiger partial charge in [0.05, 0.1) is 4.90 Å². The van der Waals surface area contributed by atoms with Crippen molar-refractivity contribution in [3.63, 3.8) is 0 Å². The molecule has 0 amide bonds. The van der Waals surface area contributed by atoms with Crippen molar-refractivity contribution in [1.82, 2.24) is 5.16 Å². The predicted molar refractivity (Wildman–Crippen MR) is 95.7 cm³/mol. The fourth-order valence-electron chi connectivity index (χ4n) is 2.23. The second-order valence-corrected chi connectivity index (χ2v) is 7.67. The van der Waals surface area contributed by atoms with Crippen LogP contribution in [0.2, 0.25) is 0 Å². The van der Waals surface area contributed by atoms with E-state index in [1.54, 1.807) is 36.9 Å². The molecule has 0 spiro atoms. The Morgan fingerprint density at radius 2 is 1.71 bits per heavy atom. The molecule has 2 aromatic carbocycles. The number of nitrogens with zero attached hydrogens (tertiary/aromatic N) is 1. The average Bonchev–Trinajstić information content (AvgIpc) is 2.96. The van der Waals surface area contributed by atoms with Crippen LogP contribution < -0.4 is 4.72 Å². The van der Waals surface area contributed by atoms with Crippen molar-refractivity contribution in [2.75, 3.05) is 11.0 Å². The van der Waals surface area contributed by atoms with Gasteiger partial charge in [-0.05, 0) is 37.4 Å². The number of hydrogen-bond acceptors (Lipinski definition) is 5. The van der Waals surface area contributed by atoms with E-state index >= 15 is 0 Å². The Kier molecular flexibility index (Phi) is 4.64. The maximum Gasteiger partial charge on any atom is 0.262 e. The molecule has 1 N–H and O–H groups in total. The van der Waals surface area contributed by atoms with Crippen molar-refractivity contribution < 1.29 is 12.9 Å². The summed E-state index contributed by atoms with van der Waals surface area (Å²) in [7, 11) is -3.70. The molecule has 0 atom stereocenters. The molecule has 1 aromatic heterocycles. The third kappa shape index (κ3) is 3.32. The van der Waals surface area contributed by atoms with E-state index in [1.807, 2.05) is 30.5 Å². The van der Waals surface area contributed by atoms with Crippen molar-refractivity contribution in [2.24, 2.45) is 0 Å². The standard InChI is InChI=1S/C17H16N2O3S2/c1-12-16(19-24(20,21)15-6-4-3-5-7-15)17(18-22-12)13-8-10-14(23-2)11-9-13/h3-11,19H,1-2H3. The topological polar surface area (TPSA) is 72.2 Å². The van der Waals surface area contributed by atoms with Crippen molar-refractivity contribution in [3.05, 3.63) is 60.4 Å². The van der Waals surface area contributed by atoms with Gasteiger partial charge in [0.15, 0.2) is 5.76 Å². The molecule has 0 aliphatic heterocycles. The molecular formula is C17H16N2O3S2. The minimum absolute atomic E-state index is 0.189. The van der Waals surface area contributed by atoms with Gasteiger partial charge < -0.3 is 4.52 Å². The molecule has 0 aliphatic rings. The van der Waals surface area contributed by atoms with E-state index in [4.69, 9.17) is 4.52 Å². The first-order valence-corrected chi connectivity index (χ1v) is 9.90. The summed E-state index contributed by atoms with van der Waals surface area (Å²) in [6, 6.07) is 15.9. The van der Waals surface area contributed by atoms with Crippen LogP contribution in [0.15, 0.2) is 68.9 Å². The summed E-state index contributed by atoms with van der Waals surface area (Å²) in [5.74, 6) is 0.415. The number of anilines is 1. The summed E-state index contributed by atoms with van der Waals surface area (Å²) >= 11 is 1.63. The molecular weight excluding hydrogens is 344 g/mol. The minimum atomic E-state index is -3.70. The summed E-state index contributed by atoms with van der Waals surface area (Å²) in [6.07, 6.45) is 1.99. The van der Waals surface area contributed by atoms with Crippen LogP contribution in [-0.4, -0.2) is 19.8 Å². The zero-order chi connectivity index (χ0) is 17.2. The lowest BCUT2D eigenvalue weighted by atomic mass is 10.1. The Labute approximate surface area is 145 Å². The first-order valence-electron chi connectivity index (χ1n) is 7.20. The van der Waals surface area contributed by atoms with E-state index < -0.39 is 10.0 Å². The van der Waals surface area contributed by atoms with Gasteiger partial charge in [-0.3, -0.25) is 4.72 Å². The molecule has 7 heteroatoms. The Morgan fingerprint density at radius 3 is 2.33 bits per heavy atom. The second-order valence-electron chi connectivity index (χ2n) is 5.11. The van der Waals surface area contributed by atoms with Crippen LogP contribution in [0, 0.1) is 6.92 Å². The van der Waals surface area contributed by atoms with Crippen LogP contribution in [0.3, 0.4) is 0 Å². The van der Waals surface area contributed by atoms with E-state index in [9.17, 15) is 8.42 Å². The number of aromatic nitrogens is 1. The number of hydrogen-bond donors (Lipinski definition) is 1. The third-order valence-electron chi connectivity index (χ3n) is 3.52. The van der Waals surface area contributed by atoms with Crippen LogP contribution in [-0.2, 0) is 10.0 Å². The molecule has 0 fully saturated rings. The zero-order valence-corrected chi connectivity index (χ0v) is 14.8. The fraction of sp³-hybridized carbons (Fsp3) is 0.118. The van der Waals surface area contributed by atoms with E-state index in [0.29, 0.717) is 17.1 Å². The number of benzene rings is 2. The van der Waals surface area contributed by atoms with E-state index in [0.717, 1.165) is 10.5 Å². The van der Waals surface area contributed by atoms with Crippen molar-refractivity contribution in [3.8, 4) is 11.3 Å². The molecule has 3 aromatic rings. The lowest BCUT2D eigenvalue weighted by Gasteiger charge is -2.08.